The number of amidine groups is 1. The number of hydrogen-bond donors (Lipinski definition) is 1. The Labute approximate surface area is 146 Å². The van der Waals surface area contributed by atoms with Gasteiger partial charge in [-0.05, 0) is 29.0 Å². The summed E-state index contributed by atoms with van der Waals surface area (Å²) in [6, 6.07) is 15.2. The van der Waals surface area contributed by atoms with Crippen molar-refractivity contribution in [3.8, 4) is 11.1 Å². The summed E-state index contributed by atoms with van der Waals surface area (Å²) in [5.74, 6) is 0. The summed E-state index contributed by atoms with van der Waals surface area (Å²) >= 11 is 0. The predicted octanol–water partition coefficient (Wildman–Crippen LogP) is 3.47. The van der Waals surface area contributed by atoms with Gasteiger partial charge in [0.2, 0.25) is 0 Å². The van der Waals surface area contributed by atoms with Gasteiger partial charge in [0.15, 0.2) is 0 Å². The number of fused-ring (bicyclic) bond motifs is 2. The molecular weight excluding hydrogens is 310 g/mol. The molecule has 0 amide bonds. The van der Waals surface area contributed by atoms with E-state index in [1.54, 1.807) is 0 Å². The lowest BCUT2D eigenvalue weighted by molar-refractivity contribution is 0.157. The van der Waals surface area contributed by atoms with Gasteiger partial charge in [-0.2, -0.15) is 0 Å². The molecule has 0 bridgehead atoms. The minimum absolute atomic E-state index is 0.00149. The molecule has 1 aliphatic carbocycles. The zero-order chi connectivity index (χ0) is 17.0. The van der Waals surface area contributed by atoms with Gasteiger partial charge in [-0.25, -0.2) is 4.99 Å². The van der Waals surface area contributed by atoms with Crippen LogP contribution in [0.3, 0.4) is 0 Å². The highest BCUT2D eigenvalue weighted by Gasteiger charge is 2.48. The topological polar surface area (TPSA) is 60.5 Å². The lowest BCUT2D eigenvalue weighted by Crippen LogP contribution is -2.36. The molecule has 2 aliphatic rings. The SMILES string of the molecule is C[C@H]1OC(N)=N[C@@]12Cc1cccc(-c3cncc4ccccc34)c1C2. The Hall–Kier alpha value is -2.88. The molecule has 1 aliphatic heterocycles. The van der Waals surface area contributed by atoms with E-state index in [1.807, 2.05) is 18.5 Å². The molecule has 1 aromatic heterocycles. The maximum absolute atomic E-state index is 5.86. The Kier molecular flexibility index (Phi) is 2.93. The van der Waals surface area contributed by atoms with Gasteiger partial charge >= 0.3 is 0 Å². The molecule has 3 aromatic rings. The van der Waals surface area contributed by atoms with Crippen LogP contribution in [0.2, 0.25) is 0 Å². The first kappa shape index (κ1) is 14.5. The molecule has 1 spiro atoms. The van der Waals surface area contributed by atoms with Gasteiger partial charge in [-0.3, -0.25) is 4.98 Å². The number of aliphatic imine (C=N–C) groups is 1. The first-order valence-electron chi connectivity index (χ1n) is 8.62. The normalized spacial score (nSPS) is 24.4. The summed E-state index contributed by atoms with van der Waals surface area (Å²) in [7, 11) is 0. The minimum Gasteiger partial charge on any atom is -0.460 e. The lowest BCUT2D eigenvalue weighted by Gasteiger charge is -2.23. The Morgan fingerprint density at radius 3 is 2.76 bits per heavy atom. The molecule has 0 unspecified atom stereocenters. The standard InChI is InChI=1S/C21H19N3O/c1-13-21(24-20(22)25-13)9-14-6-4-8-17(18(14)10-21)19-12-23-11-15-5-2-3-7-16(15)19/h2-8,11-13H,9-10H2,1H3,(H2,22,24)/t13-,21-/m1/s1. The Bertz CT molecular complexity index is 1020. The van der Waals surface area contributed by atoms with Crippen LogP contribution in [-0.4, -0.2) is 22.6 Å². The van der Waals surface area contributed by atoms with Crippen LogP contribution in [0.25, 0.3) is 21.9 Å². The van der Waals surface area contributed by atoms with Gasteiger partial charge in [0, 0.05) is 36.2 Å². The molecule has 0 radical (unpaired) electrons. The van der Waals surface area contributed by atoms with E-state index in [2.05, 4.69) is 53.3 Å². The summed E-state index contributed by atoms with van der Waals surface area (Å²) in [5, 5.41) is 2.38. The molecule has 2 N–H and O–H groups in total. The van der Waals surface area contributed by atoms with E-state index in [0.29, 0.717) is 6.02 Å². The highest BCUT2D eigenvalue weighted by Crippen LogP contribution is 2.44. The molecule has 2 heterocycles. The van der Waals surface area contributed by atoms with E-state index in [1.165, 1.54) is 27.6 Å². The van der Waals surface area contributed by atoms with Crippen LogP contribution in [0.5, 0.6) is 0 Å². The molecule has 0 saturated carbocycles. The molecule has 2 atom stereocenters. The number of ether oxygens (including phenoxy) is 1. The van der Waals surface area contributed by atoms with Crippen molar-refractivity contribution in [1.29, 1.82) is 0 Å². The third-order valence-electron chi connectivity index (χ3n) is 5.60. The third kappa shape index (κ3) is 2.07. The Morgan fingerprint density at radius 2 is 1.92 bits per heavy atom. The molecule has 124 valence electrons. The number of nitrogens with two attached hydrogens (primary N) is 1. The van der Waals surface area contributed by atoms with Crippen LogP contribution in [0.4, 0.5) is 0 Å². The average molecular weight is 329 g/mol. The predicted molar refractivity (Wildman–Crippen MR) is 99.5 cm³/mol. The van der Waals surface area contributed by atoms with Crippen LogP contribution in [-0.2, 0) is 17.6 Å². The van der Waals surface area contributed by atoms with Crippen LogP contribution < -0.4 is 5.73 Å². The molecular formula is C21H19N3O. The number of benzene rings is 2. The first-order chi connectivity index (χ1) is 12.2. The number of rotatable bonds is 1. The molecule has 5 rings (SSSR count). The number of aromatic nitrogens is 1. The van der Waals surface area contributed by atoms with Gasteiger partial charge in [0.1, 0.15) is 11.6 Å². The monoisotopic (exact) mass is 329 g/mol. The maximum atomic E-state index is 5.86. The number of hydrogen-bond acceptors (Lipinski definition) is 4. The Morgan fingerprint density at radius 1 is 1.04 bits per heavy atom. The van der Waals surface area contributed by atoms with Crippen molar-refractivity contribution in [3.05, 3.63) is 66.0 Å². The van der Waals surface area contributed by atoms with Crippen molar-refractivity contribution in [1.82, 2.24) is 4.98 Å². The summed E-state index contributed by atoms with van der Waals surface area (Å²) in [5.41, 5.74) is 10.7. The van der Waals surface area contributed by atoms with E-state index in [4.69, 9.17) is 10.5 Å². The van der Waals surface area contributed by atoms with Crippen molar-refractivity contribution in [2.45, 2.75) is 31.4 Å². The van der Waals surface area contributed by atoms with Gasteiger partial charge < -0.3 is 10.5 Å². The van der Waals surface area contributed by atoms with Crippen LogP contribution >= 0.6 is 0 Å². The fourth-order valence-electron chi connectivity index (χ4n) is 4.28. The molecule has 25 heavy (non-hydrogen) atoms. The summed E-state index contributed by atoms with van der Waals surface area (Å²) < 4.78 is 5.66. The quantitative estimate of drug-likeness (QED) is 0.743. The fraction of sp³-hybridized carbons (Fsp3) is 0.238. The summed E-state index contributed by atoms with van der Waals surface area (Å²) in [6.07, 6.45) is 5.61. The highest BCUT2D eigenvalue weighted by atomic mass is 16.5. The van der Waals surface area contributed by atoms with E-state index >= 15 is 0 Å². The molecule has 0 saturated heterocycles. The maximum Gasteiger partial charge on any atom is 0.282 e. The van der Waals surface area contributed by atoms with Crippen LogP contribution in [0.1, 0.15) is 18.1 Å². The van der Waals surface area contributed by atoms with Crippen LogP contribution in [0, 0.1) is 0 Å². The molecule has 4 heteroatoms. The zero-order valence-corrected chi connectivity index (χ0v) is 14.1. The summed E-state index contributed by atoms with van der Waals surface area (Å²) in [6.45, 7) is 2.06. The van der Waals surface area contributed by atoms with Crippen molar-refractivity contribution in [3.63, 3.8) is 0 Å². The van der Waals surface area contributed by atoms with Gasteiger partial charge in [0.25, 0.3) is 6.02 Å². The second-order valence-corrected chi connectivity index (χ2v) is 7.02. The van der Waals surface area contributed by atoms with Gasteiger partial charge in [-0.15, -0.1) is 0 Å². The summed E-state index contributed by atoms with van der Waals surface area (Å²) in [4.78, 5) is 9.13. The van der Waals surface area contributed by atoms with Crippen molar-refractivity contribution >= 4 is 16.8 Å². The van der Waals surface area contributed by atoms with E-state index < -0.39 is 0 Å². The smallest absolute Gasteiger partial charge is 0.282 e. The molecule has 2 aromatic carbocycles. The largest absolute Gasteiger partial charge is 0.460 e. The fourth-order valence-corrected chi connectivity index (χ4v) is 4.28. The van der Waals surface area contributed by atoms with E-state index in [0.717, 1.165) is 18.2 Å². The van der Waals surface area contributed by atoms with Crippen molar-refractivity contribution in [2.75, 3.05) is 0 Å². The van der Waals surface area contributed by atoms with E-state index in [9.17, 15) is 0 Å². The van der Waals surface area contributed by atoms with Gasteiger partial charge in [0.05, 0.1) is 0 Å². The first-order valence-corrected chi connectivity index (χ1v) is 8.62. The Balaban J connectivity index is 1.69. The molecule has 0 fully saturated rings. The van der Waals surface area contributed by atoms with Crippen LogP contribution in [0.15, 0.2) is 59.9 Å². The van der Waals surface area contributed by atoms with Crippen molar-refractivity contribution in [2.24, 2.45) is 10.7 Å². The van der Waals surface area contributed by atoms with Crippen molar-refractivity contribution < 1.29 is 4.74 Å². The second kappa shape index (κ2) is 5.06. The highest BCUT2D eigenvalue weighted by molar-refractivity contribution is 5.96. The van der Waals surface area contributed by atoms with Gasteiger partial charge in [-0.1, -0.05) is 42.5 Å². The third-order valence-corrected chi connectivity index (χ3v) is 5.60. The number of nitrogens with zero attached hydrogens (tertiary/aromatic N) is 2. The second-order valence-electron chi connectivity index (χ2n) is 7.02. The minimum atomic E-state index is -0.263. The average Bonchev–Trinajstić information content (AvgIpc) is 3.12. The zero-order valence-electron chi connectivity index (χ0n) is 14.1. The molecule has 4 nitrogen and oxygen atoms in total. The number of pyridine rings is 1. The lowest BCUT2D eigenvalue weighted by atomic mass is 9.90. The van der Waals surface area contributed by atoms with E-state index in [-0.39, 0.29) is 11.6 Å².